The van der Waals surface area contributed by atoms with Gasteiger partial charge in [0, 0.05) is 0 Å². The average Bonchev–Trinajstić information content (AvgIpc) is 2.46. The fourth-order valence-electron chi connectivity index (χ4n) is 5.60. The van der Waals surface area contributed by atoms with Gasteiger partial charge in [0.25, 0.3) is 0 Å². The highest BCUT2D eigenvalue weighted by atomic mass is 16.4. The van der Waals surface area contributed by atoms with Crippen LogP contribution in [-0.2, 0) is 4.79 Å². The van der Waals surface area contributed by atoms with Crippen molar-refractivity contribution in [1.29, 1.82) is 0 Å². The summed E-state index contributed by atoms with van der Waals surface area (Å²) in [6.07, 6.45) is 11.2. The summed E-state index contributed by atoms with van der Waals surface area (Å²) in [5.41, 5.74) is 2.69. The van der Waals surface area contributed by atoms with Crippen LogP contribution < -0.4 is 0 Å². The first-order chi connectivity index (χ1) is 10.3. The summed E-state index contributed by atoms with van der Waals surface area (Å²) >= 11 is 0. The first-order valence-electron chi connectivity index (χ1n) is 8.93. The summed E-state index contributed by atoms with van der Waals surface area (Å²) in [6.45, 7) is 8.93. The lowest BCUT2D eigenvalue weighted by Gasteiger charge is -2.57. The average molecular weight is 302 g/mol. The van der Waals surface area contributed by atoms with E-state index in [1.807, 2.05) is 6.92 Å². The van der Waals surface area contributed by atoms with Crippen molar-refractivity contribution in [3.8, 4) is 0 Å². The summed E-state index contributed by atoms with van der Waals surface area (Å²) < 4.78 is 0. The van der Waals surface area contributed by atoms with Crippen LogP contribution in [0.15, 0.2) is 23.3 Å². The maximum atomic E-state index is 11.9. The number of fused-ring (bicyclic) bond motifs is 3. The molecule has 1 N–H and O–H groups in total. The lowest BCUT2D eigenvalue weighted by molar-refractivity contribution is -0.162. The molecule has 22 heavy (non-hydrogen) atoms. The van der Waals surface area contributed by atoms with Crippen molar-refractivity contribution in [2.24, 2.45) is 28.6 Å². The molecular formula is C20H30O2. The molecule has 0 aromatic rings. The Morgan fingerprint density at radius 1 is 1.32 bits per heavy atom. The molecule has 3 aliphatic carbocycles. The minimum absolute atomic E-state index is 0.161. The molecule has 0 spiro atoms. The molecule has 0 bridgehead atoms. The Bertz CT molecular complexity index is 542. The fraction of sp³-hybridized carbons (Fsp3) is 0.750. The molecule has 122 valence electrons. The zero-order valence-corrected chi connectivity index (χ0v) is 14.5. The van der Waals surface area contributed by atoms with Gasteiger partial charge in [-0.15, -0.1) is 0 Å². The van der Waals surface area contributed by atoms with Crippen LogP contribution in [-0.4, -0.2) is 11.1 Å². The van der Waals surface area contributed by atoms with Crippen LogP contribution in [0.2, 0.25) is 0 Å². The number of hydrogen-bond donors (Lipinski definition) is 1. The van der Waals surface area contributed by atoms with Crippen molar-refractivity contribution in [2.45, 2.75) is 66.2 Å². The predicted octanol–water partition coefficient (Wildman–Crippen LogP) is 5.21. The standard InChI is InChI=1S/C20H30O2/c1-13(2)14-6-8-16-15(12-14)7-9-17-19(16,3)10-5-11-20(17,4)18(21)22/h7,12-13,16-17H,5-6,8-11H2,1-4H3,(H,21,22)/t16-,17?,19+,20+/m0/s1. The Balaban J connectivity index is 2.00. The van der Waals surface area contributed by atoms with Crippen molar-refractivity contribution < 1.29 is 9.90 Å². The molecule has 0 aromatic heterocycles. The Kier molecular flexibility index (Phi) is 3.78. The SMILES string of the molecule is CC(C)C1=CC2=CCC3[C@](C)(C(=O)O)CCC[C@]3(C)[C@H]2CC1. The van der Waals surface area contributed by atoms with E-state index in [-0.39, 0.29) is 11.3 Å². The second kappa shape index (κ2) is 5.25. The van der Waals surface area contributed by atoms with E-state index in [1.165, 1.54) is 24.8 Å². The molecule has 0 saturated heterocycles. The van der Waals surface area contributed by atoms with Crippen LogP contribution >= 0.6 is 0 Å². The highest BCUT2D eigenvalue weighted by Crippen LogP contribution is 2.62. The predicted molar refractivity (Wildman–Crippen MR) is 89.5 cm³/mol. The Morgan fingerprint density at radius 2 is 2.05 bits per heavy atom. The monoisotopic (exact) mass is 302 g/mol. The number of rotatable bonds is 2. The van der Waals surface area contributed by atoms with E-state index in [0.29, 0.717) is 11.8 Å². The Morgan fingerprint density at radius 3 is 2.68 bits per heavy atom. The summed E-state index contributed by atoms with van der Waals surface area (Å²) in [7, 11) is 0. The van der Waals surface area contributed by atoms with Gasteiger partial charge in [-0.1, -0.05) is 44.9 Å². The molecule has 0 heterocycles. The third-order valence-electron chi connectivity index (χ3n) is 7.07. The third kappa shape index (κ3) is 2.18. The van der Waals surface area contributed by atoms with E-state index in [4.69, 9.17) is 0 Å². The van der Waals surface area contributed by atoms with Gasteiger partial charge in [0.05, 0.1) is 5.41 Å². The molecule has 3 aliphatic rings. The first-order valence-corrected chi connectivity index (χ1v) is 8.93. The molecule has 2 nitrogen and oxygen atoms in total. The van der Waals surface area contributed by atoms with Crippen LogP contribution in [0, 0.1) is 28.6 Å². The molecule has 0 aliphatic heterocycles. The van der Waals surface area contributed by atoms with Gasteiger partial charge in [0.2, 0.25) is 0 Å². The van der Waals surface area contributed by atoms with Crippen LogP contribution in [0.5, 0.6) is 0 Å². The topological polar surface area (TPSA) is 37.3 Å². The molecule has 0 radical (unpaired) electrons. The molecule has 4 atom stereocenters. The lowest BCUT2D eigenvalue weighted by Crippen LogP contribution is -2.53. The van der Waals surface area contributed by atoms with Gasteiger partial charge >= 0.3 is 5.97 Å². The van der Waals surface area contributed by atoms with Crippen molar-refractivity contribution in [3.63, 3.8) is 0 Å². The van der Waals surface area contributed by atoms with Crippen molar-refractivity contribution >= 4 is 5.97 Å². The number of allylic oxidation sites excluding steroid dienone is 4. The highest BCUT2D eigenvalue weighted by Gasteiger charge is 2.57. The van der Waals surface area contributed by atoms with Crippen LogP contribution in [0.1, 0.15) is 66.2 Å². The molecule has 1 fully saturated rings. The van der Waals surface area contributed by atoms with Gasteiger partial charge in [-0.25, -0.2) is 0 Å². The first kappa shape index (κ1) is 15.8. The fourth-order valence-corrected chi connectivity index (χ4v) is 5.60. The summed E-state index contributed by atoms with van der Waals surface area (Å²) in [6, 6.07) is 0. The number of hydrogen-bond acceptors (Lipinski definition) is 1. The second-order valence-corrected chi connectivity index (χ2v) is 8.54. The van der Waals surface area contributed by atoms with E-state index in [2.05, 4.69) is 32.9 Å². The maximum absolute atomic E-state index is 11.9. The van der Waals surface area contributed by atoms with Gasteiger partial charge in [-0.05, 0) is 67.8 Å². The molecule has 0 amide bonds. The molecule has 2 heteroatoms. The van der Waals surface area contributed by atoms with Gasteiger partial charge in [-0.2, -0.15) is 0 Å². The van der Waals surface area contributed by atoms with Crippen LogP contribution in [0.3, 0.4) is 0 Å². The zero-order chi connectivity index (χ0) is 16.1. The quantitative estimate of drug-likeness (QED) is 0.760. The number of carbonyl (C=O) groups is 1. The Labute approximate surface area is 134 Å². The molecule has 1 unspecified atom stereocenters. The van der Waals surface area contributed by atoms with Crippen molar-refractivity contribution in [1.82, 2.24) is 0 Å². The molecule has 3 rings (SSSR count). The van der Waals surface area contributed by atoms with Crippen LogP contribution in [0.25, 0.3) is 0 Å². The maximum Gasteiger partial charge on any atom is 0.309 e. The normalized spacial score (nSPS) is 41.3. The minimum atomic E-state index is -0.588. The number of aliphatic carboxylic acids is 1. The highest BCUT2D eigenvalue weighted by molar-refractivity contribution is 5.75. The Hall–Kier alpha value is -1.05. The lowest BCUT2D eigenvalue weighted by atomic mass is 9.47. The van der Waals surface area contributed by atoms with Crippen LogP contribution in [0.4, 0.5) is 0 Å². The van der Waals surface area contributed by atoms with E-state index in [0.717, 1.165) is 19.3 Å². The third-order valence-corrected chi connectivity index (χ3v) is 7.07. The van der Waals surface area contributed by atoms with E-state index in [1.54, 1.807) is 5.57 Å². The van der Waals surface area contributed by atoms with E-state index >= 15 is 0 Å². The van der Waals surface area contributed by atoms with Gasteiger partial charge in [0.15, 0.2) is 0 Å². The molecule has 1 saturated carbocycles. The zero-order valence-electron chi connectivity index (χ0n) is 14.5. The van der Waals surface area contributed by atoms with E-state index < -0.39 is 11.4 Å². The smallest absolute Gasteiger partial charge is 0.309 e. The summed E-state index contributed by atoms with van der Waals surface area (Å²) in [5, 5.41) is 9.83. The van der Waals surface area contributed by atoms with Gasteiger partial charge < -0.3 is 5.11 Å². The largest absolute Gasteiger partial charge is 0.481 e. The summed E-state index contributed by atoms with van der Waals surface area (Å²) in [4.78, 5) is 11.9. The molecule has 0 aromatic carbocycles. The van der Waals surface area contributed by atoms with Gasteiger partial charge in [-0.3, -0.25) is 4.79 Å². The van der Waals surface area contributed by atoms with Crippen molar-refractivity contribution in [2.75, 3.05) is 0 Å². The molecular weight excluding hydrogens is 272 g/mol. The number of carboxylic acids is 1. The number of carboxylic acid groups (broad SMARTS) is 1. The van der Waals surface area contributed by atoms with Gasteiger partial charge in [0.1, 0.15) is 0 Å². The van der Waals surface area contributed by atoms with Crippen molar-refractivity contribution in [3.05, 3.63) is 23.3 Å². The van der Waals surface area contributed by atoms with E-state index in [9.17, 15) is 9.90 Å². The minimum Gasteiger partial charge on any atom is -0.481 e. The second-order valence-electron chi connectivity index (χ2n) is 8.54. The summed E-state index contributed by atoms with van der Waals surface area (Å²) in [5.74, 6) is 0.888.